The van der Waals surface area contributed by atoms with Crippen LogP contribution >= 0.6 is 0 Å². The van der Waals surface area contributed by atoms with Crippen molar-refractivity contribution < 1.29 is 38.1 Å². The lowest BCUT2D eigenvalue weighted by Crippen LogP contribution is -2.36. The van der Waals surface area contributed by atoms with Gasteiger partial charge in [-0.1, -0.05) is 37.3 Å². The first-order valence-corrected chi connectivity index (χ1v) is 12.7. The van der Waals surface area contributed by atoms with Gasteiger partial charge in [0.2, 0.25) is 6.79 Å². The standard InChI is InChI=1S/C29H39NO8/c1-7-15-35-18-23(16-22-11-9-8-10-12-22)20(2)38-28(33)29(4,5)17-24(32)26-27(37-19-36-21(3)31)25(34-6)13-14-30-26/h8-14,20,23H,7,15-19H2,1-6H3/t20-,23+/m0/s1. The van der Waals surface area contributed by atoms with Gasteiger partial charge in [0.1, 0.15) is 6.10 Å². The molecule has 2 aromatic rings. The maximum absolute atomic E-state index is 13.3. The molecule has 9 heteroatoms. The number of esters is 2. The molecular weight excluding hydrogens is 490 g/mol. The smallest absolute Gasteiger partial charge is 0.312 e. The molecule has 0 saturated heterocycles. The third-order valence-corrected chi connectivity index (χ3v) is 5.95. The molecule has 0 fully saturated rings. The number of carbonyl (C=O) groups is 3. The van der Waals surface area contributed by atoms with E-state index in [1.165, 1.54) is 26.3 Å². The summed E-state index contributed by atoms with van der Waals surface area (Å²) in [6.07, 6.45) is 2.37. The average molecular weight is 530 g/mol. The molecule has 1 heterocycles. The number of hydrogen-bond donors (Lipinski definition) is 0. The first kappa shape index (κ1) is 30.8. The van der Waals surface area contributed by atoms with Gasteiger partial charge >= 0.3 is 11.9 Å². The summed E-state index contributed by atoms with van der Waals surface area (Å²) in [5, 5.41) is 0. The molecule has 0 radical (unpaired) electrons. The zero-order valence-corrected chi connectivity index (χ0v) is 23.2. The van der Waals surface area contributed by atoms with E-state index in [1.54, 1.807) is 13.8 Å². The van der Waals surface area contributed by atoms with Gasteiger partial charge in [-0.05, 0) is 39.2 Å². The van der Waals surface area contributed by atoms with E-state index in [0.29, 0.717) is 19.6 Å². The zero-order chi connectivity index (χ0) is 28.1. The highest BCUT2D eigenvalue weighted by atomic mass is 16.7. The average Bonchev–Trinajstić information content (AvgIpc) is 2.88. The Labute approximate surface area is 224 Å². The van der Waals surface area contributed by atoms with Crippen molar-refractivity contribution in [3.8, 4) is 11.5 Å². The third kappa shape index (κ3) is 9.45. The van der Waals surface area contributed by atoms with Crippen molar-refractivity contribution in [3.05, 3.63) is 53.9 Å². The summed E-state index contributed by atoms with van der Waals surface area (Å²) < 4.78 is 27.3. The number of benzene rings is 1. The molecule has 0 amide bonds. The van der Waals surface area contributed by atoms with Gasteiger partial charge in [0.05, 0.1) is 19.1 Å². The predicted octanol–water partition coefficient (Wildman–Crippen LogP) is 4.81. The number of ketones is 1. The van der Waals surface area contributed by atoms with Gasteiger partial charge in [0.25, 0.3) is 0 Å². The van der Waals surface area contributed by atoms with Crippen LogP contribution in [0.3, 0.4) is 0 Å². The van der Waals surface area contributed by atoms with Crippen molar-refractivity contribution >= 4 is 17.7 Å². The quantitative estimate of drug-likeness (QED) is 0.131. The Morgan fingerprint density at radius 1 is 1.08 bits per heavy atom. The molecule has 0 bridgehead atoms. The molecule has 0 aliphatic heterocycles. The van der Waals surface area contributed by atoms with E-state index in [0.717, 1.165) is 12.0 Å². The molecule has 38 heavy (non-hydrogen) atoms. The minimum atomic E-state index is -1.15. The third-order valence-electron chi connectivity index (χ3n) is 5.95. The number of aromatic nitrogens is 1. The monoisotopic (exact) mass is 529 g/mol. The normalized spacial score (nSPS) is 12.8. The van der Waals surface area contributed by atoms with Gasteiger partial charge < -0.3 is 23.7 Å². The van der Waals surface area contributed by atoms with E-state index in [4.69, 9.17) is 23.7 Å². The van der Waals surface area contributed by atoms with Gasteiger partial charge in [-0.3, -0.25) is 14.4 Å². The van der Waals surface area contributed by atoms with Crippen molar-refractivity contribution in [2.75, 3.05) is 27.1 Å². The Balaban J connectivity index is 2.13. The molecule has 0 spiro atoms. The molecule has 9 nitrogen and oxygen atoms in total. The molecule has 2 atom stereocenters. The molecule has 1 aromatic carbocycles. The van der Waals surface area contributed by atoms with Crippen molar-refractivity contribution in [2.45, 2.75) is 60.0 Å². The van der Waals surface area contributed by atoms with Gasteiger partial charge in [0, 0.05) is 38.1 Å². The fraction of sp³-hybridized carbons (Fsp3) is 0.517. The maximum Gasteiger partial charge on any atom is 0.312 e. The second-order valence-corrected chi connectivity index (χ2v) is 9.71. The van der Waals surface area contributed by atoms with Crippen LogP contribution in [0.15, 0.2) is 42.6 Å². The highest BCUT2D eigenvalue weighted by Crippen LogP contribution is 2.33. The molecule has 208 valence electrons. The molecule has 0 unspecified atom stereocenters. The van der Waals surface area contributed by atoms with Crippen LogP contribution in [0.25, 0.3) is 0 Å². The number of rotatable bonds is 16. The highest BCUT2D eigenvalue weighted by molar-refractivity contribution is 6.00. The van der Waals surface area contributed by atoms with Crippen LogP contribution in [0, 0.1) is 11.3 Å². The Morgan fingerprint density at radius 3 is 2.42 bits per heavy atom. The number of hydrogen-bond acceptors (Lipinski definition) is 9. The summed E-state index contributed by atoms with van der Waals surface area (Å²) in [6, 6.07) is 11.5. The molecule has 1 aromatic heterocycles. The van der Waals surface area contributed by atoms with Crippen molar-refractivity contribution in [1.29, 1.82) is 0 Å². The lowest BCUT2D eigenvalue weighted by atomic mass is 9.86. The van der Waals surface area contributed by atoms with Crippen LogP contribution < -0.4 is 9.47 Å². The number of ether oxygens (including phenoxy) is 5. The van der Waals surface area contributed by atoms with E-state index in [1.807, 2.05) is 44.2 Å². The number of pyridine rings is 1. The summed E-state index contributed by atoms with van der Waals surface area (Å²) in [6.45, 7) is 9.10. The molecule has 2 rings (SSSR count). The van der Waals surface area contributed by atoms with Gasteiger partial charge in [-0.25, -0.2) is 4.98 Å². The second kappa shape index (κ2) is 15.1. The first-order chi connectivity index (χ1) is 18.1. The van der Waals surface area contributed by atoms with Crippen LogP contribution in [-0.2, 0) is 30.2 Å². The topological polar surface area (TPSA) is 110 Å². The van der Waals surface area contributed by atoms with E-state index in [9.17, 15) is 14.4 Å². The van der Waals surface area contributed by atoms with Crippen LogP contribution in [0.2, 0.25) is 0 Å². The van der Waals surface area contributed by atoms with Crippen molar-refractivity contribution in [3.63, 3.8) is 0 Å². The molecular formula is C29H39NO8. The van der Waals surface area contributed by atoms with E-state index < -0.39 is 36.0 Å². The Morgan fingerprint density at radius 2 is 1.79 bits per heavy atom. The molecule has 0 N–H and O–H groups in total. The van der Waals surface area contributed by atoms with Gasteiger partial charge in [-0.2, -0.15) is 0 Å². The van der Waals surface area contributed by atoms with E-state index in [-0.39, 0.29) is 29.5 Å². The fourth-order valence-electron chi connectivity index (χ4n) is 3.74. The van der Waals surface area contributed by atoms with E-state index >= 15 is 0 Å². The maximum atomic E-state index is 13.3. The molecule has 0 saturated carbocycles. The van der Waals surface area contributed by atoms with Crippen molar-refractivity contribution in [1.82, 2.24) is 4.98 Å². The van der Waals surface area contributed by atoms with Crippen LogP contribution in [0.1, 0.15) is 63.5 Å². The molecule has 0 aliphatic rings. The summed E-state index contributed by atoms with van der Waals surface area (Å²) in [5.74, 6) is -1.25. The largest absolute Gasteiger partial charge is 0.493 e. The lowest BCUT2D eigenvalue weighted by Gasteiger charge is -2.29. The highest BCUT2D eigenvalue weighted by Gasteiger charge is 2.36. The van der Waals surface area contributed by atoms with Crippen LogP contribution in [0.5, 0.6) is 11.5 Å². The molecule has 0 aliphatic carbocycles. The van der Waals surface area contributed by atoms with Crippen LogP contribution in [0.4, 0.5) is 0 Å². The zero-order valence-electron chi connectivity index (χ0n) is 23.2. The summed E-state index contributed by atoms with van der Waals surface area (Å²) in [4.78, 5) is 41.7. The van der Waals surface area contributed by atoms with E-state index in [2.05, 4.69) is 4.98 Å². The van der Waals surface area contributed by atoms with Crippen molar-refractivity contribution in [2.24, 2.45) is 11.3 Å². The minimum Gasteiger partial charge on any atom is -0.493 e. The first-order valence-electron chi connectivity index (χ1n) is 12.7. The second-order valence-electron chi connectivity index (χ2n) is 9.71. The number of Topliss-reactive ketones (excluding diaryl/α,β-unsaturated/α-hetero) is 1. The Kier molecular flexibility index (Phi) is 12.2. The number of carbonyl (C=O) groups excluding carboxylic acids is 3. The summed E-state index contributed by atoms with van der Waals surface area (Å²) in [7, 11) is 1.42. The SMILES string of the molecule is CCCOC[C@@H](Cc1ccccc1)[C@H](C)OC(=O)C(C)(C)CC(=O)c1nccc(OC)c1OCOC(C)=O. The van der Waals surface area contributed by atoms with Crippen LogP contribution in [-0.4, -0.2) is 55.9 Å². The summed E-state index contributed by atoms with van der Waals surface area (Å²) in [5.41, 5.74) is -0.0502. The van der Waals surface area contributed by atoms with Gasteiger partial charge in [0.15, 0.2) is 23.0 Å². The Hall–Kier alpha value is -3.46. The van der Waals surface area contributed by atoms with Gasteiger partial charge in [-0.15, -0.1) is 0 Å². The number of nitrogens with zero attached hydrogens (tertiary/aromatic N) is 1. The number of methoxy groups -OCH3 is 1. The predicted molar refractivity (Wildman–Crippen MR) is 141 cm³/mol. The Bertz CT molecular complexity index is 1050. The summed E-state index contributed by atoms with van der Waals surface area (Å²) >= 11 is 0. The fourth-order valence-corrected chi connectivity index (χ4v) is 3.74. The lowest BCUT2D eigenvalue weighted by molar-refractivity contribution is -0.162. The minimum absolute atomic E-state index is 0.0275.